The van der Waals surface area contributed by atoms with Gasteiger partial charge in [0.15, 0.2) is 6.29 Å². The maximum atomic E-state index is 13.7. The number of hydrogen-bond donors (Lipinski definition) is 4. The third kappa shape index (κ3) is 10.6. The number of carboxylic acid groups (broad SMARTS) is 1. The summed E-state index contributed by atoms with van der Waals surface area (Å²) in [4.78, 5) is 39.1. The molecule has 0 radical (unpaired) electrons. The zero-order chi connectivity index (χ0) is 35.0. The Hall–Kier alpha value is -3.31. The highest BCUT2D eigenvalue weighted by Gasteiger charge is 2.44. The lowest BCUT2D eigenvalue weighted by Crippen LogP contribution is -2.61. The van der Waals surface area contributed by atoms with E-state index in [-0.39, 0.29) is 48.6 Å². The van der Waals surface area contributed by atoms with Gasteiger partial charge in [-0.05, 0) is 81.9 Å². The number of aliphatic hydroxyl groups excluding tert-OH is 1. The zero-order valence-electron chi connectivity index (χ0n) is 29.4. The molecule has 6 atom stereocenters. The van der Waals surface area contributed by atoms with Gasteiger partial charge in [0.1, 0.15) is 0 Å². The number of fused-ring (bicyclic) bond motifs is 1. The molecule has 5 rings (SSSR count). The number of rotatable bonds is 13. The summed E-state index contributed by atoms with van der Waals surface area (Å²) in [5.41, 5.74) is 3.37. The fourth-order valence-electron chi connectivity index (χ4n) is 7.64. The van der Waals surface area contributed by atoms with Gasteiger partial charge in [0.25, 0.3) is 0 Å². The summed E-state index contributed by atoms with van der Waals surface area (Å²) in [5, 5.41) is 24.6. The van der Waals surface area contributed by atoms with Gasteiger partial charge in [0.05, 0.1) is 24.9 Å². The predicted octanol–water partition coefficient (Wildman–Crippen LogP) is 5.92. The second-order valence-corrected chi connectivity index (χ2v) is 15.1. The van der Waals surface area contributed by atoms with Crippen LogP contribution in [0.25, 0.3) is 0 Å². The lowest BCUT2D eigenvalue weighted by Gasteiger charge is -2.50. The van der Waals surface area contributed by atoms with E-state index in [2.05, 4.69) is 15.5 Å². The number of aliphatic carboxylic acids is 1. The number of carbonyl (C=O) groups excluding carboxylic acids is 2. The van der Waals surface area contributed by atoms with Crippen LogP contribution in [0, 0.1) is 5.92 Å². The highest BCUT2D eigenvalue weighted by atomic mass is 16.7. The second-order valence-electron chi connectivity index (χ2n) is 15.1. The van der Waals surface area contributed by atoms with E-state index in [4.69, 9.17) is 14.6 Å². The van der Waals surface area contributed by atoms with E-state index in [9.17, 15) is 19.5 Å². The summed E-state index contributed by atoms with van der Waals surface area (Å²) in [7, 11) is 0. The Morgan fingerprint density at radius 1 is 0.857 bits per heavy atom. The molecule has 2 amide bonds. The van der Waals surface area contributed by atoms with Crippen LogP contribution in [0.1, 0.15) is 126 Å². The second kappa shape index (κ2) is 17.1. The predicted molar refractivity (Wildman–Crippen MR) is 186 cm³/mol. The first-order valence-corrected chi connectivity index (χ1v) is 18.1. The molecule has 268 valence electrons. The maximum Gasteiger partial charge on any atom is 0.303 e. The molecule has 3 aliphatic rings. The SMILES string of the molecule is CC(C)(C)NC(=O)C1CCC2CCCCC2N1CC1CC(c2ccc(CO)cc2)OC(c2ccc(CNC(=O)CCCCC(=O)O)cc2)O1. The third-order valence-electron chi connectivity index (χ3n) is 10.1. The summed E-state index contributed by atoms with van der Waals surface area (Å²) >= 11 is 0. The third-order valence-corrected chi connectivity index (χ3v) is 10.1. The Bertz CT molecular complexity index is 1390. The molecule has 0 aromatic heterocycles. The number of aliphatic hydroxyl groups is 1. The number of piperidine rings is 1. The topological polar surface area (TPSA) is 137 Å². The molecule has 4 N–H and O–H groups in total. The van der Waals surface area contributed by atoms with Crippen molar-refractivity contribution >= 4 is 17.8 Å². The molecule has 6 unspecified atom stereocenters. The molecular weight excluding hydrogens is 622 g/mol. The van der Waals surface area contributed by atoms with Crippen molar-refractivity contribution in [1.29, 1.82) is 0 Å². The van der Waals surface area contributed by atoms with Crippen LogP contribution in [-0.2, 0) is 37.0 Å². The number of nitrogens with zero attached hydrogens (tertiary/aromatic N) is 1. The van der Waals surface area contributed by atoms with Crippen molar-refractivity contribution in [2.24, 2.45) is 5.92 Å². The van der Waals surface area contributed by atoms with Crippen LogP contribution in [0.15, 0.2) is 48.5 Å². The molecule has 3 fully saturated rings. The number of amides is 2. The van der Waals surface area contributed by atoms with Gasteiger partial charge in [-0.1, -0.05) is 61.4 Å². The number of nitrogens with one attached hydrogen (secondary N) is 2. The summed E-state index contributed by atoms with van der Waals surface area (Å²) in [6, 6.07) is 15.9. The summed E-state index contributed by atoms with van der Waals surface area (Å²) < 4.78 is 13.4. The monoisotopic (exact) mass is 677 g/mol. The average molecular weight is 678 g/mol. The molecule has 2 aromatic rings. The van der Waals surface area contributed by atoms with E-state index in [1.54, 1.807) is 0 Å². The van der Waals surface area contributed by atoms with Crippen molar-refractivity contribution in [2.75, 3.05) is 6.54 Å². The fourth-order valence-corrected chi connectivity index (χ4v) is 7.64. The van der Waals surface area contributed by atoms with Gasteiger partial charge >= 0.3 is 5.97 Å². The van der Waals surface area contributed by atoms with E-state index < -0.39 is 12.3 Å². The Balaban J connectivity index is 1.31. The van der Waals surface area contributed by atoms with Gasteiger partial charge in [-0.3, -0.25) is 19.3 Å². The molecule has 1 saturated carbocycles. The number of unbranched alkanes of at least 4 members (excludes halogenated alkanes) is 1. The molecule has 0 bridgehead atoms. The molecule has 10 heteroatoms. The lowest BCUT2D eigenvalue weighted by molar-refractivity contribution is -0.255. The molecule has 1 aliphatic carbocycles. The first kappa shape index (κ1) is 37.0. The number of hydrogen-bond acceptors (Lipinski definition) is 7. The van der Waals surface area contributed by atoms with Crippen LogP contribution in [0.4, 0.5) is 0 Å². The van der Waals surface area contributed by atoms with Gasteiger partial charge in [0.2, 0.25) is 11.8 Å². The van der Waals surface area contributed by atoms with Crippen LogP contribution >= 0.6 is 0 Å². The van der Waals surface area contributed by atoms with Gasteiger partial charge < -0.3 is 30.3 Å². The van der Waals surface area contributed by atoms with Crippen LogP contribution in [0.5, 0.6) is 0 Å². The molecule has 2 aromatic carbocycles. The van der Waals surface area contributed by atoms with E-state index >= 15 is 0 Å². The molecule has 2 heterocycles. The number of ether oxygens (including phenoxy) is 2. The normalized spacial score (nSPS) is 26.0. The van der Waals surface area contributed by atoms with Gasteiger partial charge in [-0.25, -0.2) is 0 Å². The number of carboxylic acids is 1. The molecule has 49 heavy (non-hydrogen) atoms. The van der Waals surface area contributed by atoms with Crippen LogP contribution in [0.3, 0.4) is 0 Å². The zero-order valence-corrected chi connectivity index (χ0v) is 29.4. The minimum atomic E-state index is -0.847. The fraction of sp³-hybridized carbons (Fsp3) is 0.615. The van der Waals surface area contributed by atoms with Crippen molar-refractivity contribution in [3.8, 4) is 0 Å². The number of likely N-dealkylation sites (tertiary alicyclic amines) is 1. The Morgan fingerprint density at radius 3 is 2.22 bits per heavy atom. The minimum Gasteiger partial charge on any atom is -0.481 e. The summed E-state index contributed by atoms with van der Waals surface area (Å²) in [6.07, 6.45) is 7.69. The highest BCUT2D eigenvalue weighted by molar-refractivity contribution is 5.82. The van der Waals surface area contributed by atoms with Gasteiger partial charge in [0, 0.05) is 49.5 Å². The molecular formula is C39H55N3O7. The smallest absolute Gasteiger partial charge is 0.303 e. The van der Waals surface area contributed by atoms with E-state index in [1.807, 2.05) is 69.3 Å². The Morgan fingerprint density at radius 2 is 1.53 bits per heavy atom. The molecule has 0 spiro atoms. The van der Waals surface area contributed by atoms with Gasteiger partial charge in [-0.2, -0.15) is 0 Å². The standard InChI is InChI=1S/C39H55N3O7/c1-39(2,3)41-37(47)33-21-20-28-8-4-5-9-32(28)42(33)24-31-22-34(29-16-14-27(25-43)15-17-29)49-38(48-31)30-18-12-26(13-19-30)23-40-35(44)10-6-7-11-36(45)46/h12-19,28,31-34,38,43H,4-11,20-25H2,1-3H3,(H,40,44)(H,41,47)(H,45,46). The molecule has 2 saturated heterocycles. The lowest BCUT2D eigenvalue weighted by atomic mass is 9.75. The van der Waals surface area contributed by atoms with E-state index in [0.29, 0.717) is 50.7 Å². The Labute approximate surface area is 290 Å². The quantitative estimate of drug-likeness (QED) is 0.192. The highest BCUT2D eigenvalue weighted by Crippen LogP contribution is 2.42. The van der Waals surface area contributed by atoms with Crippen molar-refractivity contribution in [2.45, 2.75) is 141 Å². The van der Waals surface area contributed by atoms with Crippen molar-refractivity contribution in [3.05, 3.63) is 70.8 Å². The molecule has 10 nitrogen and oxygen atoms in total. The Kier molecular flexibility index (Phi) is 12.9. The van der Waals surface area contributed by atoms with Gasteiger partial charge in [-0.15, -0.1) is 0 Å². The van der Waals surface area contributed by atoms with Crippen LogP contribution in [0.2, 0.25) is 0 Å². The van der Waals surface area contributed by atoms with E-state index in [0.717, 1.165) is 41.5 Å². The molecule has 2 aliphatic heterocycles. The van der Waals surface area contributed by atoms with Crippen molar-refractivity contribution < 1.29 is 34.1 Å². The largest absolute Gasteiger partial charge is 0.481 e. The average Bonchev–Trinajstić information content (AvgIpc) is 3.08. The number of benzene rings is 2. The first-order chi connectivity index (χ1) is 23.5. The first-order valence-electron chi connectivity index (χ1n) is 18.1. The van der Waals surface area contributed by atoms with Crippen LogP contribution < -0.4 is 10.6 Å². The van der Waals surface area contributed by atoms with Crippen LogP contribution in [-0.4, -0.2) is 63.2 Å². The van der Waals surface area contributed by atoms with E-state index in [1.165, 1.54) is 19.3 Å². The summed E-state index contributed by atoms with van der Waals surface area (Å²) in [6.45, 7) is 7.10. The van der Waals surface area contributed by atoms with Crippen molar-refractivity contribution in [1.82, 2.24) is 15.5 Å². The maximum absolute atomic E-state index is 13.7. The number of carbonyl (C=O) groups is 3. The van der Waals surface area contributed by atoms with Crippen molar-refractivity contribution in [3.63, 3.8) is 0 Å². The minimum absolute atomic E-state index is 0.0206. The summed E-state index contributed by atoms with van der Waals surface area (Å²) in [5.74, 6) is -0.249.